The molecule has 128 valence electrons. The van der Waals surface area contributed by atoms with Crippen LogP contribution in [0.1, 0.15) is 5.56 Å². The van der Waals surface area contributed by atoms with E-state index in [4.69, 9.17) is 4.42 Å². The fourth-order valence-corrected chi connectivity index (χ4v) is 2.59. The van der Waals surface area contributed by atoms with Crippen LogP contribution in [0.2, 0.25) is 0 Å². The number of carbonyl (C=O) groups is 1. The fourth-order valence-electron chi connectivity index (χ4n) is 1.99. The van der Waals surface area contributed by atoms with E-state index in [2.05, 4.69) is 15.5 Å². The minimum absolute atomic E-state index is 0.0623. The summed E-state index contributed by atoms with van der Waals surface area (Å²) in [6, 6.07) is 11.9. The summed E-state index contributed by atoms with van der Waals surface area (Å²) in [5.41, 5.74) is 1.00. The topological polar surface area (TPSA) is 68.0 Å². The zero-order chi connectivity index (χ0) is 17.6. The van der Waals surface area contributed by atoms with Crippen LogP contribution < -0.4 is 5.32 Å². The Morgan fingerprint density at radius 1 is 1.08 bits per heavy atom. The molecule has 0 saturated heterocycles. The summed E-state index contributed by atoms with van der Waals surface area (Å²) < 4.78 is 31.8. The third kappa shape index (κ3) is 4.63. The van der Waals surface area contributed by atoms with Gasteiger partial charge in [-0.15, -0.1) is 10.2 Å². The lowest BCUT2D eigenvalue weighted by Gasteiger charge is -2.04. The number of nitrogens with one attached hydrogen (secondary N) is 1. The standard InChI is InChI=1S/C17H13F2N3O2S/c18-12-7-5-11(6-8-12)9-20-15(23)10-25-17-22-21-16(24-17)13-3-1-2-4-14(13)19/h1-8H,9-10H2,(H,20,23). The summed E-state index contributed by atoms with van der Waals surface area (Å²) in [5.74, 6) is -0.889. The third-order valence-electron chi connectivity index (χ3n) is 3.24. The highest BCUT2D eigenvalue weighted by Crippen LogP contribution is 2.24. The summed E-state index contributed by atoms with van der Waals surface area (Å²) in [6.45, 7) is 0.296. The maximum atomic E-state index is 13.7. The second-order valence-electron chi connectivity index (χ2n) is 5.04. The molecule has 0 saturated carbocycles. The fraction of sp³-hybridized carbons (Fsp3) is 0.118. The molecule has 0 unspecified atom stereocenters. The predicted molar refractivity (Wildman–Crippen MR) is 88.7 cm³/mol. The van der Waals surface area contributed by atoms with Gasteiger partial charge in [0.2, 0.25) is 5.91 Å². The van der Waals surface area contributed by atoms with E-state index in [0.717, 1.165) is 17.3 Å². The van der Waals surface area contributed by atoms with Gasteiger partial charge in [0.05, 0.1) is 11.3 Å². The molecule has 1 aromatic heterocycles. The molecule has 5 nitrogen and oxygen atoms in total. The van der Waals surface area contributed by atoms with Crippen molar-refractivity contribution in [3.8, 4) is 11.5 Å². The van der Waals surface area contributed by atoms with Crippen molar-refractivity contribution in [1.29, 1.82) is 0 Å². The van der Waals surface area contributed by atoms with Gasteiger partial charge in [0, 0.05) is 6.54 Å². The summed E-state index contributed by atoms with van der Waals surface area (Å²) >= 11 is 1.05. The quantitative estimate of drug-likeness (QED) is 0.682. The van der Waals surface area contributed by atoms with Gasteiger partial charge in [-0.2, -0.15) is 0 Å². The summed E-state index contributed by atoms with van der Waals surface area (Å²) in [6.07, 6.45) is 0. The van der Waals surface area contributed by atoms with Gasteiger partial charge in [-0.3, -0.25) is 4.79 Å². The molecule has 0 radical (unpaired) electrons. The van der Waals surface area contributed by atoms with Crippen LogP contribution in [0.4, 0.5) is 8.78 Å². The number of rotatable bonds is 6. The molecule has 3 rings (SSSR count). The number of hydrogen-bond donors (Lipinski definition) is 1. The van der Waals surface area contributed by atoms with Gasteiger partial charge in [-0.05, 0) is 29.8 Å². The van der Waals surface area contributed by atoms with Crippen LogP contribution in [0, 0.1) is 11.6 Å². The molecular weight excluding hydrogens is 348 g/mol. The number of thioether (sulfide) groups is 1. The molecule has 0 atom stereocenters. The molecule has 0 spiro atoms. The highest BCUT2D eigenvalue weighted by Gasteiger charge is 2.13. The minimum atomic E-state index is -0.459. The number of aromatic nitrogens is 2. The van der Waals surface area contributed by atoms with E-state index in [-0.39, 0.29) is 34.2 Å². The molecule has 3 aromatic rings. The number of carbonyl (C=O) groups excluding carboxylic acids is 1. The van der Waals surface area contributed by atoms with Gasteiger partial charge < -0.3 is 9.73 Å². The number of benzene rings is 2. The Labute approximate surface area is 146 Å². The van der Waals surface area contributed by atoms with Gasteiger partial charge in [-0.1, -0.05) is 36.0 Å². The summed E-state index contributed by atoms with van der Waals surface area (Å²) in [5, 5.41) is 10.5. The SMILES string of the molecule is O=C(CSc1nnc(-c2ccccc2F)o1)NCc1ccc(F)cc1. The lowest BCUT2D eigenvalue weighted by Crippen LogP contribution is -2.24. The first-order valence-corrected chi connectivity index (χ1v) is 8.33. The zero-order valence-corrected chi connectivity index (χ0v) is 13.7. The lowest BCUT2D eigenvalue weighted by molar-refractivity contribution is -0.118. The van der Waals surface area contributed by atoms with Gasteiger partial charge in [-0.25, -0.2) is 8.78 Å². The van der Waals surface area contributed by atoms with E-state index in [1.807, 2.05) is 0 Å². The zero-order valence-electron chi connectivity index (χ0n) is 12.9. The molecule has 0 aliphatic rings. The van der Waals surface area contributed by atoms with Crippen LogP contribution in [-0.4, -0.2) is 21.9 Å². The number of halogens is 2. The second-order valence-corrected chi connectivity index (χ2v) is 5.97. The van der Waals surface area contributed by atoms with Crippen molar-refractivity contribution in [3.63, 3.8) is 0 Å². The Morgan fingerprint density at radius 3 is 2.60 bits per heavy atom. The summed E-state index contributed by atoms with van der Waals surface area (Å²) in [7, 11) is 0. The Balaban J connectivity index is 1.51. The number of amides is 1. The number of nitrogens with zero attached hydrogens (tertiary/aromatic N) is 2. The highest BCUT2D eigenvalue weighted by atomic mass is 32.2. The van der Waals surface area contributed by atoms with Crippen LogP contribution in [0.5, 0.6) is 0 Å². The Bertz CT molecular complexity index is 868. The van der Waals surface area contributed by atoms with Gasteiger partial charge in [0.25, 0.3) is 11.1 Å². The van der Waals surface area contributed by atoms with Crippen LogP contribution in [0.3, 0.4) is 0 Å². The minimum Gasteiger partial charge on any atom is -0.411 e. The van der Waals surface area contributed by atoms with E-state index in [1.54, 1.807) is 24.3 Å². The molecule has 8 heteroatoms. The molecule has 0 fully saturated rings. The van der Waals surface area contributed by atoms with Crippen molar-refractivity contribution in [2.75, 3.05) is 5.75 Å². The maximum absolute atomic E-state index is 13.7. The first-order valence-electron chi connectivity index (χ1n) is 7.34. The largest absolute Gasteiger partial charge is 0.411 e. The average Bonchev–Trinajstić information content (AvgIpc) is 3.08. The monoisotopic (exact) mass is 361 g/mol. The van der Waals surface area contributed by atoms with Crippen LogP contribution in [0.25, 0.3) is 11.5 Å². The molecule has 1 amide bonds. The molecule has 1 N–H and O–H groups in total. The molecule has 0 bridgehead atoms. The number of hydrogen-bond acceptors (Lipinski definition) is 5. The van der Waals surface area contributed by atoms with Crippen LogP contribution in [-0.2, 0) is 11.3 Å². The van der Waals surface area contributed by atoms with E-state index >= 15 is 0 Å². The van der Waals surface area contributed by atoms with Gasteiger partial charge in [0.1, 0.15) is 11.6 Å². The van der Waals surface area contributed by atoms with Crippen LogP contribution in [0.15, 0.2) is 58.2 Å². The van der Waals surface area contributed by atoms with Crippen LogP contribution >= 0.6 is 11.8 Å². The van der Waals surface area contributed by atoms with E-state index in [1.165, 1.54) is 24.3 Å². The van der Waals surface area contributed by atoms with Crippen molar-refractivity contribution in [3.05, 3.63) is 65.7 Å². The third-order valence-corrected chi connectivity index (χ3v) is 4.06. The van der Waals surface area contributed by atoms with Crippen molar-refractivity contribution < 1.29 is 18.0 Å². The molecule has 0 aliphatic heterocycles. The maximum Gasteiger partial charge on any atom is 0.277 e. The normalized spacial score (nSPS) is 10.6. The van der Waals surface area contributed by atoms with E-state index in [0.29, 0.717) is 6.54 Å². The average molecular weight is 361 g/mol. The second kappa shape index (κ2) is 7.89. The van der Waals surface area contributed by atoms with Crippen molar-refractivity contribution >= 4 is 17.7 Å². The predicted octanol–water partition coefficient (Wildman–Crippen LogP) is 3.42. The van der Waals surface area contributed by atoms with Crippen molar-refractivity contribution in [2.24, 2.45) is 0 Å². The Morgan fingerprint density at radius 2 is 1.84 bits per heavy atom. The first kappa shape index (κ1) is 17.1. The highest BCUT2D eigenvalue weighted by molar-refractivity contribution is 7.99. The molecule has 0 aliphatic carbocycles. The first-order chi connectivity index (χ1) is 12.1. The molecule has 1 heterocycles. The van der Waals surface area contributed by atoms with Crippen molar-refractivity contribution in [2.45, 2.75) is 11.8 Å². The Kier molecular flexibility index (Phi) is 5.39. The molecular formula is C17H13F2N3O2S. The lowest BCUT2D eigenvalue weighted by atomic mass is 10.2. The van der Waals surface area contributed by atoms with E-state index in [9.17, 15) is 13.6 Å². The Hall–Kier alpha value is -2.74. The van der Waals surface area contributed by atoms with Crippen molar-refractivity contribution in [1.82, 2.24) is 15.5 Å². The smallest absolute Gasteiger partial charge is 0.277 e. The molecule has 25 heavy (non-hydrogen) atoms. The van der Waals surface area contributed by atoms with Gasteiger partial charge in [0.15, 0.2) is 0 Å². The summed E-state index contributed by atoms with van der Waals surface area (Å²) in [4.78, 5) is 11.8. The van der Waals surface area contributed by atoms with E-state index < -0.39 is 5.82 Å². The molecule has 2 aromatic carbocycles. The van der Waals surface area contributed by atoms with Gasteiger partial charge >= 0.3 is 0 Å².